The number of nitrogens with one attached hydrogen (secondary N) is 1. The number of hydrogen-bond acceptors (Lipinski definition) is 7. The molecule has 1 saturated carbocycles. The van der Waals surface area contributed by atoms with Crippen molar-refractivity contribution in [2.45, 2.75) is 61.4 Å². The summed E-state index contributed by atoms with van der Waals surface area (Å²) < 4.78 is 0.967. The van der Waals surface area contributed by atoms with Crippen molar-refractivity contribution in [1.82, 2.24) is 14.8 Å². The van der Waals surface area contributed by atoms with Crippen LogP contribution in [0.5, 0.6) is 0 Å². The molecule has 34 heavy (non-hydrogen) atoms. The molecule has 2 amide bonds. The fourth-order valence-electron chi connectivity index (χ4n) is 4.27. The van der Waals surface area contributed by atoms with E-state index < -0.39 is 6.23 Å². The minimum Gasteiger partial charge on any atom is -0.375 e. The first-order valence-electron chi connectivity index (χ1n) is 11.7. The predicted molar refractivity (Wildman–Crippen MR) is 136 cm³/mol. The molecule has 9 heteroatoms. The lowest BCUT2D eigenvalue weighted by molar-refractivity contribution is -0.117. The highest BCUT2D eigenvalue weighted by atomic mass is 32.2. The standard InChI is InChI=1S/C25H32N4O3S2/c1-5-18-14-28(9-10-29(18)21(30)6-2)24(32)19-12-20(16(4)11-15(19)3)33-22-13-26-25(34-22)27-23(31)17-7-8-17/h6,11-13,17-18,21,30H,2,5,7-10,14H2,1,3-4H3,(H,26,27,31)/t18-,21?/m1/s1. The predicted octanol–water partition coefficient (Wildman–Crippen LogP) is 4.30. The number of thiazole rings is 1. The number of rotatable bonds is 8. The molecule has 2 aliphatic rings. The van der Waals surface area contributed by atoms with Crippen LogP contribution in [-0.2, 0) is 4.79 Å². The summed E-state index contributed by atoms with van der Waals surface area (Å²) in [7, 11) is 0. The zero-order chi connectivity index (χ0) is 24.4. The Labute approximate surface area is 209 Å². The highest BCUT2D eigenvalue weighted by molar-refractivity contribution is 8.01. The van der Waals surface area contributed by atoms with Crippen LogP contribution in [-0.4, -0.2) is 63.6 Å². The van der Waals surface area contributed by atoms with Crippen LogP contribution in [0.3, 0.4) is 0 Å². The Hall–Kier alpha value is -2.20. The maximum Gasteiger partial charge on any atom is 0.254 e. The Morgan fingerprint density at radius 3 is 2.76 bits per heavy atom. The molecule has 1 aliphatic carbocycles. The number of benzene rings is 1. The first-order valence-corrected chi connectivity index (χ1v) is 13.4. The summed E-state index contributed by atoms with van der Waals surface area (Å²) in [6.07, 6.45) is 5.38. The monoisotopic (exact) mass is 500 g/mol. The molecule has 0 radical (unpaired) electrons. The smallest absolute Gasteiger partial charge is 0.254 e. The van der Waals surface area contributed by atoms with Crippen LogP contribution in [0.1, 0.15) is 47.7 Å². The van der Waals surface area contributed by atoms with Gasteiger partial charge in [-0.2, -0.15) is 0 Å². The van der Waals surface area contributed by atoms with Gasteiger partial charge in [0, 0.05) is 42.1 Å². The average molecular weight is 501 g/mol. The second kappa shape index (κ2) is 10.6. The van der Waals surface area contributed by atoms with Gasteiger partial charge in [-0.25, -0.2) is 4.98 Å². The van der Waals surface area contributed by atoms with Crippen molar-refractivity contribution < 1.29 is 14.7 Å². The summed E-state index contributed by atoms with van der Waals surface area (Å²) in [4.78, 5) is 34.8. The molecule has 1 unspecified atom stereocenters. The lowest BCUT2D eigenvalue weighted by atomic mass is 10.0. The second-order valence-corrected chi connectivity index (χ2v) is 11.4. The van der Waals surface area contributed by atoms with Gasteiger partial charge in [0.25, 0.3) is 5.91 Å². The highest BCUT2D eigenvalue weighted by Gasteiger charge is 2.32. The van der Waals surface area contributed by atoms with Gasteiger partial charge in [0.2, 0.25) is 5.91 Å². The van der Waals surface area contributed by atoms with Crippen LogP contribution in [0.15, 0.2) is 40.1 Å². The molecule has 7 nitrogen and oxygen atoms in total. The van der Waals surface area contributed by atoms with E-state index in [4.69, 9.17) is 0 Å². The van der Waals surface area contributed by atoms with E-state index in [0.717, 1.165) is 39.5 Å². The summed E-state index contributed by atoms with van der Waals surface area (Å²) in [6, 6.07) is 4.12. The molecule has 4 rings (SSSR count). The number of aliphatic hydroxyl groups excluding tert-OH is 1. The molecule has 0 spiro atoms. The number of carbonyl (C=O) groups is 2. The van der Waals surface area contributed by atoms with E-state index >= 15 is 0 Å². The second-order valence-electron chi connectivity index (χ2n) is 8.98. The van der Waals surface area contributed by atoms with Crippen molar-refractivity contribution in [3.05, 3.63) is 47.7 Å². The third kappa shape index (κ3) is 5.54. The van der Waals surface area contributed by atoms with Crippen LogP contribution < -0.4 is 5.32 Å². The van der Waals surface area contributed by atoms with E-state index in [1.807, 2.05) is 29.7 Å². The molecule has 1 aliphatic heterocycles. The first kappa shape index (κ1) is 24.9. The van der Waals surface area contributed by atoms with E-state index in [2.05, 4.69) is 29.9 Å². The molecule has 2 aromatic rings. The first-order chi connectivity index (χ1) is 16.3. The van der Waals surface area contributed by atoms with Crippen LogP contribution in [0, 0.1) is 19.8 Å². The van der Waals surface area contributed by atoms with Gasteiger partial charge < -0.3 is 15.3 Å². The lowest BCUT2D eigenvalue weighted by Gasteiger charge is -2.42. The molecule has 2 N–H and O–H groups in total. The Morgan fingerprint density at radius 2 is 2.09 bits per heavy atom. The summed E-state index contributed by atoms with van der Waals surface area (Å²) in [5.41, 5.74) is 2.75. The molecule has 182 valence electrons. The van der Waals surface area contributed by atoms with E-state index in [1.165, 1.54) is 17.4 Å². The molecular formula is C25H32N4O3S2. The zero-order valence-electron chi connectivity index (χ0n) is 19.9. The van der Waals surface area contributed by atoms with Crippen molar-refractivity contribution in [3.8, 4) is 0 Å². The third-order valence-corrected chi connectivity index (χ3v) is 8.64. The number of aliphatic hydroxyl groups is 1. The Bertz CT molecular complexity index is 1080. The Morgan fingerprint density at radius 1 is 1.32 bits per heavy atom. The molecular weight excluding hydrogens is 468 g/mol. The SMILES string of the molecule is C=CC(O)N1CCN(C(=O)c2cc(Sc3cnc(NC(=O)C4CC4)s3)c(C)cc2C)C[C@H]1CC. The van der Waals surface area contributed by atoms with E-state index in [1.54, 1.807) is 18.0 Å². The average Bonchev–Trinajstić information content (AvgIpc) is 3.60. The number of hydrogen-bond donors (Lipinski definition) is 2. The number of aryl methyl sites for hydroxylation is 2. The number of nitrogens with zero attached hydrogens (tertiary/aromatic N) is 3. The van der Waals surface area contributed by atoms with Gasteiger partial charge in [0.15, 0.2) is 5.13 Å². The minimum atomic E-state index is -0.690. The number of aromatic nitrogens is 1. The van der Waals surface area contributed by atoms with E-state index in [0.29, 0.717) is 30.3 Å². The van der Waals surface area contributed by atoms with Gasteiger partial charge in [-0.3, -0.25) is 14.5 Å². The van der Waals surface area contributed by atoms with Crippen LogP contribution in [0.2, 0.25) is 0 Å². The Kier molecular flexibility index (Phi) is 7.77. The van der Waals surface area contributed by atoms with Crippen molar-refractivity contribution in [2.24, 2.45) is 5.92 Å². The van der Waals surface area contributed by atoms with Gasteiger partial charge in [-0.1, -0.05) is 42.7 Å². The molecule has 2 atom stereocenters. The number of carbonyl (C=O) groups excluding carboxylic acids is 2. The molecule has 0 bridgehead atoms. The number of piperazine rings is 1. The van der Waals surface area contributed by atoms with Crippen molar-refractivity contribution >= 4 is 40.0 Å². The van der Waals surface area contributed by atoms with Crippen LogP contribution >= 0.6 is 23.1 Å². The lowest BCUT2D eigenvalue weighted by Crippen LogP contribution is -2.57. The van der Waals surface area contributed by atoms with E-state index in [9.17, 15) is 14.7 Å². The summed E-state index contributed by atoms with van der Waals surface area (Å²) in [5, 5.41) is 13.7. The maximum absolute atomic E-state index is 13.5. The molecule has 1 aromatic heterocycles. The molecule has 1 saturated heterocycles. The summed E-state index contributed by atoms with van der Waals surface area (Å²) >= 11 is 3.02. The quantitative estimate of drug-likeness (QED) is 0.526. The van der Waals surface area contributed by atoms with Gasteiger partial charge in [0.1, 0.15) is 6.23 Å². The fraction of sp³-hybridized carbons (Fsp3) is 0.480. The van der Waals surface area contributed by atoms with Crippen LogP contribution in [0.4, 0.5) is 5.13 Å². The molecule has 2 fully saturated rings. The number of amides is 2. The van der Waals surface area contributed by atoms with Gasteiger partial charge >= 0.3 is 0 Å². The van der Waals surface area contributed by atoms with Crippen molar-refractivity contribution in [3.63, 3.8) is 0 Å². The molecule has 1 aromatic carbocycles. The largest absolute Gasteiger partial charge is 0.375 e. The third-order valence-electron chi connectivity index (χ3n) is 6.46. The maximum atomic E-state index is 13.5. The summed E-state index contributed by atoms with van der Waals surface area (Å²) in [6.45, 7) is 11.5. The Balaban J connectivity index is 1.48. The highest BCUT2D eigenvalue weighted by Crippen LogP contribution is 2.38. The van der Waals surface area contributed by atoms with Gasteiger partial charge in [-0.15, -0.1) is 0 Å². The minimum absolute atomic E-state index is 0.0206. The molecule has 2 heterocycles. The normalized spacial score (nSPS) is 19.6. The summed E-state index contributed by atoms with van der Waals surface area (Å²) in [5.74, 6) is 0.214. The zero-order valence-corrected chi connectivity index (χ0v) is 21.5. The number of anilines is 1. The van der Waals surface area contributed by atoms with Crippen LogP contribution in [0.25, 0.3) is 0 Å². The fourth-order valence-corrected chi connectivity index (χ4v) is 6.21. The van der Waals surface area contributed by atoms with E-state index in [-0.39, 0.29) is 23.8 Å². The van der Waals surface area contributed by atoms with Crippen molar-refractivity contribution in [1.29, 1.82) is 0 Å². The van der Waals surface area contributed by atoms with Gasteiger partial charge in [-0.05, 0) is 56.4 Å². The topological polar surface area (TPSA) is 85.8 Å². The van der Waals surface area contributed by atoms with Crippen molar-refractivity contribution in [2.75, 3.05) is 25.0 Å². The van der Waals surface area contributed by atoms with Gasteiger partial charge in [0.05, 0.1) is 10.4 Å².